The molecule has 0 bridgehead atoms. The highest BCUT2D eigenvalue weighted by molar-refractivity contribution is 4.80. The van der Waals surface area contributed by atoms with Gasteiger partial charge in [-0.05, 0) is 31.7 Å². The molecule has 2 fully saturated rings. The van der Waals surface area contributed by atoms with Gasteiger partial charge < -0.3 is 14.8 Å². The molecule has 1 heterocycles. The van der Waals surface area contributed by atoms with Crippen LogP contribution in [0.5, 0.6) is 0 Å². The smallest absolute Gasteiger partial charge is 0.0961 e. The largest absolute Gasteiger partial charge is 0.379 e. The summed E-state index contributed by atoms with van der Waals surface area (Å²) in [6.07, 6.45) is 6.87. The Kier molecular flexibility index (Phi) is 5.07. The van der Waals surface area contributed by atoms with Crippen LogP contribution in [0.3, 0.4) is 0 Å². The van der Waals surface area contributed by atoms with Crippen molar-refractivity contribution in [2.75, 3.05) is 26.4 Å². The molecule has 3 nitrogen and oxygen atoms in total. The van der Waals surface area contributed by atoms with E-state index in [0.29, 0.717) is 6.04 Å². The van der Waals surface area contributed by atoms with Crippen molar-refractivity contribution in [3.05, 3.63) is 0 Å². The van der Waals surface area contributed by atoms with Crippen LogP contribution in [0.4, 0.5) is 0 Å². The highest BCUT2D eigenvalue weighted by atomic mass is 16.5. The summed E-state index contributed by atoms with van der Waals surface area (Å²) in [5.41, 5.74) is 0. The molecular formula is C13H25NO2. The van der Waals surface area contributed by atoms with Gasteiger partial charge >= 0.3 is 0 Å². The molecule has 0 radical (unpaired) electrons. The van der Waals surface area contributed by atoms with E-state index in [4.69, 9.17) is 9.47 Å². The Morgan fingerprint density at radius 2 is 2.06 bits per heavy atom. The summed E-state index contributed by atoms with van der Waals surface area (Å²) < 4.78 is 11.6. The predicted molar refractivity (Wildman–Crippen MR) is 64.6 cm³/mol. The van der Waals surface area contributed by atoms with E-state index in [0.717, 1.165) is 38.7 Å². The highest BCUT2D eigenvalue weighted by Crippen LogP contribution is 2.25. The first-order valence-corrected chi connectivity index (χ1v) is 6.83. The molecule has 0 aromatic heterocycles. The van der Waals surface area contributed by atoms with Gasteiger partial charge in [0.25, 0.3) is 0 Å². The van der Waals surface area contributed by atoms with E-state index >= 15 is 0 Å². The van der Waals surface area contributed by atoms with E-state index in [1.165, 1.54) is 25.7 Å². The fourth-order valence-electron chi connectivity index (χ4n) is 2.81. The number of rotatable bonds is 5. The number of hydrogen-bond acceptors (Lipinski definition) is 3. The molecule has 1 aliphatic heterocycles. The molecule has 0 spiro atoms. The Morgan fingerprint density at radius 1 is 1.25 bits per heavy atom. The van der Waals surface area contributed by atoms with E-state index in [1.54, 1.807) is 0 Å². The monoisotopic (exact) mass is 227 g/mol. The SMILES string of the molecule is CCNC1CCOCC1OCC1CCCC1. The first-order valence-electron chi connectivity index (χ1n) is 6.83. The quantitative estimate of drug-likeness (QED) is 0.779. The second kappa shape index (κ2) is 6.58. The van der Waals surface area contributed by atoms with Crippen molar-refractivity contribution in [3.63, 3.8) is 0 Å². The van der Waals surface area contributed by atoms with Gasteiger partial charge in [0.15, 0.2) is 0 Å². The number of likely N-dealkylation sites (N-methyl/N-ethyl adjacent to an activating group) is 1. The summed E-state index contributed by atoms with van der Waals surface area (Å²) in [5, 5.41) is 3.50. The zero-order chi connectivity index (χ0) is 11.2. The van der Waals surface area contributed by atoms with Gasteiger partial charge in [0.1, 0.15) is 0 Å². The molecule has 2 rings (SSSR count). The lowest BCUT2D eigenvalue weighted by molar-refractivity contribution is -0.0769. The number of ether oxygens (including phenoxy) is 2. The predicted octanol–water partition coefficient (Wildman–Crippen LogP) is 1.96. The van der Waals surface area contributed by atoms with Gasteiger partial charge in [0.05, 0.1) is 12.7 Å². The van der Waals surface area contributed by atoms with E-state index in [1.807, 2.05) is 0 Å². The van der Waals surface area contributed by atoms with Crippen molar-refractivity contribution in [1.29, 1.82) is 0 Å². The van der Waals surface area contributed by atoms with Crippen LogP contribution >= 0.6 is 0 Å². The first kappa shape index (κ1) is 12.3. The van der Waals surface area contributed by atoms with E-state index < -0.39 is 0 Å². The lowest BCUT2D eigenvalue weighted by Gasteiger charge is -2.32. The van der Waals surface area contributed by atoms with E-state index in [9.17, 15) is 0 Å². The van der Waals surface area contributed by atoms with Gasteiger partial charge in [-0.3, -0.25) is 0 Å². The average Bonchev–Trinajstić information content (AvgIpc) is 2.81. The third-order valence-electron chi connectivity index (χ3n) is 3.79. The molecule has 1 saturated heterocycles. The molecule has 16 heavy (non-hydrogen) atoms. The van der Waals surface area contributed by atoms with E-state index in [2.05, 4.69) is 12.2 Å². The third kappa shape index (κ3) is 3.44. The first-order chi connectivity index (χ1) is 7.90. The van der Waals surface area contributed by atoms with Crippen molar-refractivity contribution in [3.8, 4) is 0 Å². The van der Waals surface area contributed by atoms with Gasteiger partial charge in [-0.25, -0.2) is 0 Å². The van der Waals surface area contributed by atoms with Gasteiger partial charge in [-0.1, -0.05) is 19.8 Å². The minimum Gasteiger partial charge on any atom is -0.379 e. The summed E-state index contributed by atoms with van der Waals surface area (Å²) in [7, 11) is 0. The minimum absolute atomic E-state index is 0.272. The summed E-state index contributed by atoms with van der Waals surface area (Å²) in [6.45, 7) is 5.76. The van der Waals surface area contributed by atoms with Crippen LogP contribution in [0.2, 0.25) is 0 Å². The summed E-state index contributed by atoms with van der Waals surface area (Å²) in [6, 6.07) is 0.500. The molecule has 2 unspecified atom stereocenters. The van der Waals surface area contributed by atoms with Gasteiger partial charge in [-0.15, -0.1) is 0 Å². The van der Waals surface area contributed by atoms with Gasteiger partial charge in [0, 0.05) is 19.3 Å². The Balaban J connectivity index is 1.72. The lowest BCUT2D eigenvalue weighted by Crippen LogP contribution is -2.48. The number of hydrogen-bond donors (Lipinski definition) is 1. The second-order valence-corrected chi connectivity index (χ2v) is 5.05. The van der Waals surface area contributed by atoms with Crippen molar-refractivity contribution >= 4 is 0 Å². The normalized spacial score (nSPS) is 32.1. The number of nitrogens with one attached hydrogen (secondary N) is 1. The molecule has 94 valence electrons. The fourth-order valence-corrected chi connectivity index (χ4v) is 2.81. The van der Waals surface area contributed by atoms with Crippen LogP contribution in [0, 0.1) is 5.92 Å². The molecule has 2 aliphatic rings. The molecule has 0 amide bonds. The Bertz CT molecular complexity index is 190. The zero-order valence-corrected chi connectivity index (χ0v) is 10.4. The molecular weight excluding hydrogens is 202 g/mol. The summed E-state index contributed by atoms with van der Waals surface area (Å²) in [5.74, 6) is 0.809. The van der Waals surface area contributed by atoms with Gasteiger partial charge in [-0.2, -0.15) is 0 Å². The molecule has 3 heteroatoms. The van der Waals surface area contributed by atoms with Crippen molar-refractivity contribution < 1.29 is 9.47 Å². The van der Waals surface area contributed by atoms with Crippen molar-refractivity contribution in [2.24, 2.45) is 5.92 Å². The Hall–Kier alpha value is -0.120. The Labute approximate surface area is 98.9 Å². The van der Waals surface area contributed by atoms with Crippen LogP contribution in [-0.2, 0) is 9.47 Å². The minimum atomic E-state index is 0.272. The molecule has 0 aromatic carbocycles. The van der Waals surface area contributed by atoms with Crippen LogP contribution in [-0.4, -0.2) is 38.5 Å². The van der Waals surface area contributed by atoms with Crippen LogP contribution < -0.4 is 5.32 Å². The molecule has 1 N–H and O–H groups in total. The third-order valence-corrected chi connectivity index (χ3v) is 3.79. The lowest BCUT2D eigenvalue weighted by atomic mass is 10.1. The molecule has 0 aromatic rings. The van der Waals surface area contributed by atoms with Crippen LogP contribution in [0.1, 0.15) is 39.0 Å². The second-order valence-electron chi connectivity index (χ2n) is 5.05. The Morgan fingerprint density at radius 3 is 2.81 bits per heavy atom. The fraction of sp³-hybridized carbons (Fsp3) is 1.00. The highest BCUT2D eigenvalue weighted by Gasteiger charge is 2.27. The topological polar surface area (TPSA) is 30.5 Å². The summed E-state index contributed by atoms with van der Waals surface area (Å²) in [4.78, 5) is 0. The molecule has 1 saturated carbocycles. The maximum atomic E-state index is 6.04. The van der Waals surface area contributed by atoms with E-state index in [-0.39, 0.29) is 6.10 Å². The maximum absolute atomic E-state index is 6.04. The van der Waals surface area contributed by atoms with Crippen molar-refractivity contribution in [1.82, 2.24) is 5.32 Å². The van der Waals surface area contributed by atoms with Crippen LogP contribution in [0.15, 0.2) is 0 Å². The standard InChI is InChI=1S/C13H25NO2/c1-2-14-12-7-8-15-10-13(12)16-9-11-5-3-4-6-11/h11-14H,2-10H2,1H3. The zero-order valence-electron chi connectivity index (χ0n) is 10.4. The van der Waals surface area contributed by atoms with Crippen LogP contribution in [0.25, 0.3) is 0 Å². The maximum Gasteiger partial charge on any atom is 0.0961 e. The van der Waals surface area contributed by atoms with Gasteiger partial charge in [0.2, 0.25) is 0 Å². The summed E-state index contributed by atoms with van der Waals surface area (Å²) >= 11 is 0. The molecule has 1 aliphatic carbocycles. The molecule has 2 atom stereocenters. The average molecular weight is 227 g/mol. The van der Waals surface area contributed by atoms with Crippen molar-refractivity contribution in [2.45, 2.75) is 51.2 Å².